The van der Waals surface area contributed by atoms with Gasteiger partial charge < -0.3 is 10.6 Å². The van der Waals surface area contributed by atoms with Crippen LogP contribution in [0, 0.1) is 5.92 Å². The molecule has 0 radical (unpaired) electrons. The lowest BCUT2D eigenvalue weighted by Crippen LogP contribution is -2.34. The summed E-state index contributed by atoms with van der Waals surface area (Å²) in [6.07, 6.45) is 1.88. The van der Waals surface area contributed by atoms with E-state index >= 15 is 0 Å². The van der Waals surface area contributed by atoms with Crippen LogP contribution in [0.2, 0.25) is 0 Å². The van der Waals surface area contributed by atoms with E-state index in [2.05, 4.69) is 29.7 Å². The van der Waals surface area contributed by atoms with Gasteiger partial charge >= 0.3 is 0 Å². The molecule has 2 rings (SSSR count). The van der Waals surface area contributed by atoms with Gasteiger partial charge in [0.1, 0.15) is 0 Å². The van der Waals surface area contributed by atoms with Crippen LogP contribution in [-0.4, -0.2) is 19.0 Å². The van der Waals surface area contributed by atoms with Crippen LogP contribution in [-0.2, 0) is 4.79 Å². The highest BCUT2D eigenvalue weighted by molar-refractivity contribution is 5.85. The van der Waals surface area contributed by atoms with Gasteiger partial charge in [0.05, 0.1) is 12.0 Å². The Balaban J connectivity index is 0.00000162. The summed E-state index contributed by atoms with van der Waals surface area (Å²) in [6, 6.07) is 10.3. The predicted molar refractivity (Wildman–Crippen MR) is 75.8 cm³/mol. The first-order valence-corrected chi connectivity index (χ1v) is 6.37. The van der Waals surface area contributed by atoms with Gasteiger partial charge in [-0.25, -0.2) is 0 Å². The maximum atomic E-state index is 12.0. The van der Waals surface area contributed by atoms with E-state index in [1.165, 1.54) is 5.56 Å². The van der Waals surface area contributed by atoms with Crippen molar-refractivity contribution in [2.45, 2.75) is 25.8 Å². The highest BCUT2D eigenvalue weighted by atomic mass is 35.5. The van der Waals surface area contributed by atoms with Crippen molar-refractivity contribution in [1.29, 1.82) is 0 Å². The second kappa shape index (κ2) is 7.39. The molecule has 2 unspecified atom stereocenters. The third-order valence-corrected chi connectivity index (χ3v) is 3.36. The molecule has 1 aliphatic rings. The highest BCUT2D eigenvalue weighted by Crippen LogP contribution is 2.17. The fourth-order valence-corrected chi connectivity index (χ4v) is 2.27. The Labute approximate surface area is 115 Å². The van der Waals surface area contributed by atoms with Crippen molar-refractivity contribution in [1.82, 2.24) is 10.6 Å². The average Bonchev–Trinajstić information content (AvgIpc) is 2.90. The maximum absolute atomic E-state index is 12.0. The summed E-state index contributed by atoms with van der Waals surface area (Å²) in [5.41, 5.74) is 1.19. The minimum Gasteiger partial charge on any atom is -0.349 e. The fraction of sp³-hybridized carbons (Fsp3) is 0.500. The molecule has 100 valence electrons. The number of carbonyl (C=O) groups excluding carboxylic acids is 1. The van der Waals surface area contributed by atoms with Gasteiger partial charge in [0.15, 0.2) is 0 Å². The summed E-state index contributed by atoms with van der Waals surface area (Å²) in [6.45, 7) is 3.88. The van der Waals surface area contributed by atoms with Crippen LogP contribution in [0.3, 0.4) is 0 Å². The minimum absolute atomic E-state index is 0. The van der Waals surface area contributed by atoms with Gasteiger partial charge in [0.25, 0.3) is 0 Å². The quantitative estimate of drug-likeness (QED) is 0.880. The Morgan fingerprint density at radius 1 is 1.44 bits per heavy atom. The van der Waals surface area contributed by atoms with Gasteiger partial charge in [0.2, 0.25) is 5.91 Å². The van der Waals surface area contributed by atoms with E-state index in [9.17, 15) is 4.79 Å². The van der Waals surface area contributed by atoms with Gasteiger partial charge in [-0.15, -0.1) is 12.4 Å². The van der Waals surface area contributed by atoms with Crippen LogP contribution in [0.5, 0.6) is 0 Å². The monoisotopic (exact) mass is 268 g/mol. The molecular formula is C14H21ClN2O. The standard InChI is InChI=1S/C14H20N2O.ClH/c1-2-13(11-6-4-3-5-7-11)16-14(17)12-8-9-15-10-12;/h3-7,12-13,15H,2,8-10H2,1H3,(H,16,17);1H. The summed E-state index contributed by atoms with van der Waals surface area (Å²) >= 11 is 0. The van der Waals surface area contributed by atoms with Crippen LogP contribution in [0.4, 0.5) is 0 Å². The van der Waals surface area contributed by atoms with E-state index in [1.54, 1.807) is 0 Å². The van der Waals surface area contributed by atoms with Gasteiger partial charge in [-0.1, -0.05) is 37.3 Å². The number of benzene rings is 1. The second-order valence-electron chi connectivity index (χ2n) is 4.57. The van der Waals surface area contributed by atoms with Crippen LogP contribution >= 0.6 is 12.4 Å². The van der Waals surface area contributed by atoms with E-state index in [0.717, 1.165) is 25.9 Å². The lowest BCUT2D eigenvalue weighted by atomic mass is 10.0. The Morgan fingerprint density at radius 2 is 2.17 bits per heavy atom. The number of rotatable bonds is 4. The van der Waals surface area contributed by atoms with Crippen molar-refractivity contribution in [2.75, 3.05) is 13.1 Å². The number of nitrogens with one attached hydrogen (secondary N) is 2. The Kier molecular flexibility index (Phi) is 6.16. The van der Waals surface area contributed by atoms with Crippen molar-refractivity contribution in [3.8, 4) is 0 Å². The predicted octanol–water partition coefficient (Wildman–Crippen LogP) is 2.29. The molecule has 2 atom stereocenters. The van der Waals surface area contributed by atoms with Gasteiger partial charge in [-0.05, 0) is 24.9 Å². The third kappa shape index (κ3) is 3.72. The molecule has 0 bridgehead atoms. The molecule has 0 spiro atoms. The number of hydrogen-bond acceptors (Lipinski definition) is 2. The fourth-order valence-electron chi connectivity index (χ4n) is 2.27. The first kappa shape index (κ1) is 15.0. The van der Waals surface area contributed by atoms with Crippen molar-refractivity contribution in [2.24, 2.45) is 5.92 Å². The van der Waals surface area contributed by atoms with E-state index in [1.807, 2.05) is 18.2 Å². The van der Waals surface area contributed by atoms with Crippen molar-refractivity contribution >= 4 is 18.3 Å². The van der Waals surface area contributed by atoms with Gasteiger partial charge in [0, 0.05) is 6.54 Å². The Hall–Kier alpha value is -1.06. The lowest BCUT2D eigenvalue weighted by Gasteiger charge is -2.19. The molecule has 1 aromatic rings. The molecule has 1 fully saturated rings. The molecular weight excluding hydrogens is 248 g/mol. The van der Waals surface area contributed by atoms with Gasteiger partial charge in [-0.2, -0.15) is 0 Å². The SMILES string of the molecule is CCC(NC(=O)C1CCNC1)c1ccccc1.Cl. The van der Waals surface area contributed by atoms with Crippen molar-refractivity contribution in [3.63, 3.8) is 0 Å². The zero-order chi connectivity index (χ0) is 12.1. The molecule has 1 aliphatic heterocycles. The molecule has 0 saturated carbocycles. The third-order valence-electron chi connectivity index (χ3n) is 3.36. The number of amides is 1. The number of hydrogen-bond donors (Lipinski definition) is 2. The normalized spacial score (nSPS) is 19.9. The van der Waals surface area contributed by atoms with Crippen molar-refractivity contribution in [3.05, 3.63) is 35.9 Å². The first-order valence-electron chi connectivity index (χ1n) is 6.37. The van der Waals surface area contributed by atoms with Crippen LogP contribution < -0.4 is 10.6 Å². The summed E-state index contributed by atoms with van der Waals surface area (Å²) in [5, 5.41) is 6.37. The summed E-state index contributed by atoms with van der Waals surface area (Å²) in [7, 11) is 0. The summed E-state index contributed by atoms with van der Waals surface area (Å²) < 4.78 is 0. The topological polar surface area (TPSA) is 41.1 Å². The average molecular weight is 269 g/mol. The molecule has 4 heteroatoms. The molecule has 1 heterocycles. The number of carbonyl (C=O) groups is 1. The van der Waals surface area contributed by atoms with E-state index in [0.29, 0.717) is 0 Å². The molecule has 2 N–H and O–H groups in total. The van der Waals surface area contributed by atoms with E-state index in [-0.39, 0.29) is 30.3 Å². The van der Waals surface area contributed by atoms with Crippen LogP contribution in [0.1, 0.15) is 31.4 Å². The maximum Gasteiger partial charge on any atom is 0.224 e. The number of halogens is 1. The van der Waals surface area contributed by atoms with E-state index in [4.69, 9.17) is 0 Å². The lowest BCUT2D eigenvalue weighted by molar-refractivity contribution is -0.125. The summed E-state index contributed by atoms with van der Waals surface area (Å²) in [5.74, 6) is 0.332. The summed E-state index contributed by atoms with van der Waals surface area (Å²) in [4.78, 5) is 12.0. The molecule has 0 aromatic heterocycles. The zero-order valence-corrected chi connectivity index (χ0v) is 11.5. The molecule has 1 amide bonds. The van der Waals surface area contributed by atoms with E-state index < -0.39 is 0 Å². The molecule has 0 aliphatic carbocycles. The highest BCUT2D eigenvalue weighted by Gasteiger charge is 2.24. The minimum atomic E-state index is 0. The Bertz CT molecular complexity index is 363. The first-order chi connectivity index (χ1) is 8.31. The largest absolute Gasteiger partial charge is 0.349 e. The smallest absolute Gasteiger partial charge is 0.224 e. The molecule has 18 heavy (non-hydrogen) atoms. The van der Waals surface area contributed by atoms with Crippen LogP contribution in [0.15, 0.2) is 30.3 Å². The van der Waals surface area contributed by atoms with Gasteiger partial charge in [-0.3, -0.25) is 4.79 Å². The molecule has 3 nitrogen and oxygen atoms in total. The molecule has 1 aromatic carbocycles. The molecule has 1 saturated heterocycles. The van der Waals surface area contributed by atoms with Crippen LogP contribution in [0.25, 0.3) is 0 Å². The Morgan fingerprint density at radius 3 is 2.72 bits per heavy atom. The zero-order valence-electron chi connectivity index (χ0n) is 10.7. The van der Waals surface area contributed by atoms with Crippen molar-refractivity contribution < 1.29 is 4.79 Å². The second-order valence-corrected chi connectivity index (χ2v) is 4.57.